The molecule has 3 fully saturated rings. The van der Waals surface area contributed by atoms with Gasteiger partial charge in [0.15, 0.2) is 23.9 Å². The molecule has 4 aromatic rings. The van der Waals surface area contributed by atoms with Gasteiger partial charge in [-0.15, -0.1) is 0 Å². The van der Waals surface area contributed by atoms with Crippen molar-refractivity contribution in [3.05, 3.63) is 110 Å². The van der Waals surface area contributed by atoms with Crippen molar-refractivity contribution in [2.75, 3.05) is 38.8 Å². The lowest BCUT2D eigenvalue weighted by atomic mass is 9.85. The number of carboxylic acid groups (broad SMARTS) is 1. The highest BCUT2D eigenvalue weighted by molar-refractivity contribution is 6.35. The Morgan fingerprint density at radius 3 is 2.33 bits per heavy atom. The van der Waals surface area contributed by atoms with Crippen LogP contribution in [-0.4, -0.2) is 62.0 Å². The molecule has 2 aromatic heterocycles. The normalized spacial score (nSPS) is 19.0. The van der Waals surface area contributed by atoms with E-state index in [1.165, 1.54) is 31.5 Å². The number of aromatic carboxylic acids is 1. The van der Waals surface area contributed by atoms with E-state index in [4.69, 9.17) is 41.8 Å². The first-order valence-electron chi connectivity index (χ1n) is 15.5. The Bertz CT molecular complexity index is 1770. The zero-order valence-corrected chi connectivity index (χ0v) is 27.9. The quantitative estimate of drug-likeness (QED) is 0.137. The molecule has 5 heterocycles. The number of hydrogen-bond donors (Lipinski definition) is 1. The molecule has 3 saturated heterocycles. The summed E-state index contributed by atoms with van der Waals surface area (Å²) in [7, 11) is 3.02. The van der Waals surface area contributed by atoms with Crippen LogP contribution in [0.1, 0.15) is 51.8 Å². The third kappa shape index (κ3) is 7.03. The average molecular weight is 697 g/mol. The molecule has 0 unspecified atom stereocenters. The van der Waals surface area contributed by atoms with Crippen molar-refractivity contribution in [3.8, 4) is 11.5 Å². The average Bonchev–Trinajstić information content (AvgIpc) is 3.51. The maximum absolute atomic E-state index is 13.8. The summed E-state index contributed by atoms with van der Waals surface area (Å²) in [4.78, 5) is 30.3. The minimum atomic E-state index is -1.30. The number of halogens is 2. The van der Waals surface area contributed by atoms with E-state index < -0.39 is 18.0 Å². The van der Waals surface area contributed by atoms with E-state index in [1.807, 2.05) is 18.2 Å². The molecular weight excluding hydrogens is 661 g/mol. The van der Waals surface area contributed by atoms with E-state index in [2.05, 4.69) is 4.90 Å². The van der Waals surface area contributed by atoms with Crippen molar-refractivity contribution in [1.29, 1.82) is 0 Å². The van der Waals surface area contributed by atoms with Crippen molar-refractivity contribution < 1.29 is 38.1 Å². The van der Waals surface area contributed by atoms with Crippen molar-refractivity contribution >= 4 is 41.0 Å². The number of aromatic nitrogens is 1. The van der Waals surface area contributed by atoms with Gasteiger partial charge in [-0.25, -0.2) is 9.59 Å². The number of ether oxygens (including phenoxy) is 3. The predicted molar refractivity (Wildman–Crippen MR) is 178 cm³/mol. The van der Waals surface area contributed by atoms with Crippen molar-refractivity contribution in [2.24, 2.45) is 5.92 Å². The zero-order chi connectivity index (χ0) is 33.9. The van der Waals surface area contributed by atoms with Gasteiger partial charge in [0.05, 0.1) is 20.8 Å². The molecule has 1 N–H and O–H groups in total. The van der Waals surface area contributed by atoms with Crippen LogP contribution in [-0.2, 0) is 17.7 Å². The molecule has 13 heteroatoms. The number of pyridine rings is 1. The number of para-hydroxylation sites is 1. The van der Waals surface area contributed by atoms with E-state index in [1.54, 1.807) is 36.4 Å². The molecule has 1 amide bonds. The number of carboxylic acids is 1. The lowest BCUT2D eigenvalue weighted by molar-refractivity contribution is -0.605. The van der Waals surface area contributed by atoms with Gasteiger partial charge in [0.25, 0.3) is 0 Å². The summed E-state index contributed by atoms with van der Waals surface area (Å²) >= 11 is 13.0. The molecule has 3 aliphatic rings. The first kappa shape index (κ1) is 33.5. The number of methoxy groups -OCH3 is 2. The molecule has 0 radical (unpaired) electrons. The standard InChI is InChI=1S/C35H35Cl2N3O8/c1-45-30-9-8-22(14-31(30)46-2)25(16-27-28(36)18-39(44)19-29(27)37)26-15-24(47-33(26)34(41)42)17-40(23-6-4-3-5-7-23)35(43)48-32-20-38-12-10-21(32)11-13-38/h3-9,14-15,18-19,21,25,32H,10-13,16-17,20H2,1-2H3,(H,41,42)/t25-,32-/m0/s1. The lowest BCUT2D eigenvalue weighted by Crippen LogP contribution is -2.53. The molecule has 0 saturated carbocycles. The Balaban J connectivity index is 1.39. The highest BCUT2D eigenvalue weighted by Gasteiger charge is 2.38. The summed E-state index contributed by atoms with van der Waals surface area (Å²) in [5.74, 6) is -0.861. The number of anilines is 1. The minimum Gasteiger partial charge on any atom is -0.619 e. The van der Waals surface area contributed by atoms with Gasteiger partial charge in [-0.05, 0) is 74.2 Å². The molecular formula is C35H35Cl2N3O8. The molecule has 0 spiro atoms. The van der Waals surface area contributed by atoms with E-state index in [0.29, 0.717) is 51.1 Å². The maximum Gasteiger partial charge on any atom is 0.415 e. The van der Waals surface area contributed by atoms with Crippen molar-refractivity contribution in [1.82, 2.24) is 4.90 Å². The first-order chi connectivity index (χ1) is 23.1. The van der Waals surface area contributed by atoms with E-state index in [9.17, 15) is 19.9 Å². The second-order valence-corrected chi connectivity index (χ2v) is 12.8. The van der Waals surface area contributed by atoms with Crippen LogP contribution in [0, 0.1) is 11.1 Å². The molecule has 2 aromatic carbocycles. The van der Waals surface area contributed by atoms with Crippen LogP contribution in [0.4, 0.5) is 10.5 Å². The smallest absolute Gasteiger partial charge is 0.415 e. The SMILES string of the molecule is COc1ccc([C@H](Cc2c(Cl)c[n+]([O-])cc2Cl)c2cc(CN(C(=O)O[C@H]3CN4CCC3CC4)c3ccccc3)oc2C(=O)O)cc1OC. The van der Waals surface area contributed by atoms with Crippen LogP contribution in [0.5, 0.6) is 11.5 Å². The van der Waals surface area contributed by atoms with Crippen LogP contribution < -0.4 is 19.1 Å². The number of furan rings is 1. The van der Waals surface area contributed by atoms with Gasteiger partial charge in [-0.2, -0.15) is 4.73 Å². The first-order valence-corrected chi connectivity index (χ1v) is 16.3. The lowest BCUT2D eigenvalue weighted by Gasteiger charge is -2.44. The van der Waals surface area contributed by atoms with Gasteiger partial charge in [-0.3, -0.25) is 9.80 Å². The van der Waals surface area contributed by atoms with Gasteiger partial charge in [0, 0.05) is 29.3 Å². The molecule has 7 rings (SSSR count). The van der Waals surface area contributed by atoms with Crippen LogP contribution >= 0.6 is 23.2 Å². The Hall–Kier alpha value is -4.45. The van der Waals surface area contributed by atoms with E-state index in [-0.39, 0.29) is 40.6 Å². The summed E-state index contributed by atoms with van der Waals surface area (Å²) in [6.07, 6.45) is 3.67. The highest BCUT2D eigenvalue weighted by Crippen LogP contribution is 2.40. The second kappa shape index (κ2) is 14.3. The number of fused-ring (bicyclic) bond motifs is 3. The number of carbonyl (C=O) groups excluding carboxylic acids is 1. The number of rotatable bonds is 11. The number of amides is 1. The summed E-state index contributed by atoms with van der Waals surface area (Å²) in [5, 5.41) is 22.6. The second-order valence-electron chi connectivity index (χ2n) is 11.9. The molecule has 2 atom stereocenters. The number of piperidine rings is 3. The summed E-state index contributed by atoms with van der Waals surface area (Å²) in [6.45, 7) is 2.61. The summed E-state index contributed by atoms with van der Waals surface area (Å²) in [6, 6.07) is 15.9. The van der Waals surface area contributed by atoms with Crippen LogP contribution in [0.15, 0.2) is 71.4 Å². The molecule has 48 heavy (non-hydrogen) atoms. The van der Waals surface area contributed by atoms with Crippen molar-refractivity contribution in [3.63, 3.8) is 0 Å². The molecule has 3 aliphatic heterocycles. The third-order valence-electron chi connectivity index (χ3n) is 9.11. The molecule has 0 aliphatic carbocycles. The highest BCUT2D eigenvalue weighted by atomic mass is 35.5. The fraction of sp³-hybridized carbons (Fsp3) is 0.343. The molecule has 11 nitrogen and oxygen atoms in total. The van der Waals surface area contributed by atoms with Crippen LogP contribution in [0.3, 0.4) is 0 Å². The monoisotopic (exact) mass is 695 g/mol. The van der Waals surface area contributed by atoms with Crippen LogP contribution in [0.25, 0.3) is 0 Å². The van der Waals surface area contributed by atoms with Gasteiger partial charge >= 0.3 is 12.1 Å². The van der Waals surface area contributed by atoms with Crippen molar-refractivity contribution in [2.45, 2.75) is 37.8 Å². The molecule has 2 bridgehead atoms. The molecule has 252 valence electrons. The topological polar surface area (TPSA) is 129 Å². The Morgan fingerprint density at radius 2 is 1.73 bits per heavy atom. The Kier molecular flexibility index (Phi) is 10.00. The van der Waals surface area contributed by atoms with E-state index >= 15 is 0 Å². The number of benzene rings is 2. The van der Waals surface area contributed by atoms with Crippen LogP contribution in [0.2, 0.25) is 10.0 Å². The largest absolute Gasteiger partial charge is 0.619 e. The van der Waals surface area contributed by atoms with E-state index in [0.717, 1.165) is 25.9 Å². The van der Waals surface area contributed by atoms with Gasteiger partial charge in [0.2, 0.25) is 5.76 Å². The number of carbonyl (C=O) groups is 2. The van der Waals surface area contributed by atoms with Gasteiger partial charge < -0.3 is 28.9 Å². The Labute approximate surface area is 287 Å². The maximum atomic E-state index is 13.8. The summed E-state index contributed by atoms with van der Waals surface area (Å²) < 4.78 is 23.6. The minimum absolute atomic E-state index is 0.0914. The Morgan fingerprint density at radius 1 is 1.04 bits per heavy atom. The number of nitrogens with zero attached hydrogens (tertiary/aromatic N) is 3. The fourth-order valence-corrected chi connectivity index (χ4v) is 7.23. The predicted octanol–water partition coefficient (Wildman–Crippen LogP) is 6.55. The van der Waals surface area contributed by atoms with Gasteiger partial charge in [0.1, 0.15) is 21.9 Å². The fourth-order valence-electron chi connectivity index (χ4n) is 6.63. The van der Waals surface area contributed by atoms with Gasteiger partial charge in [-0.1, -0.05) is 47.5 Å². The summed E-state index contributed by atoms with van der Waals surface area (Å²) in [5.41, 5.74) is 1.98. The number of hydrogen-bond acceptors (Lipinski definition) is 8. The third-order valence-corrected chi connectivity index (χ3v) is 9.76. The zero-order valence-electron chi connectivity index (χ0n) is 26.4.